The lowest BCUT2D eigenvalue weighted by Crippen LogP contribution is -2.00. The van der Waals surface area contributed by atoms with Gasteiger partial charge in [-0.05, 0) is 42.7 Å². The van der Waals surface area contributed by atoms with Crippen molar-refractivity contribution in [3.63, 3.8) is 0 Å². The molecule has 0 spiro atoms. The van der Waals surface area contributed by atoms with Gasteiger partial charge >= 0.3 is 5.63 Å². The monoisotopic (exact) mass is 402 g/mol. The number of furan rings is 1. The highest BCUT2D eigenvalue weighted by Gasteiger charge is 2.15. The van der Waals surface area contributed by atoms with Gasteiger partial charge < -0.3 is 13.3 Å². The summed E-state index contributed by atoms with van der Waals surface area (Å²) in [4.78, 5) is 11.9. The smallest absolute Gasteiger partial charge is 0.336 e. The fourth-order valence-electron chi connectivity index (χ4n) is 2.80. The van der Waals surface area contributed by atoms with E-state index >= 15 is 0 Å². The second kappa shape index (κ2) is 7.25. The number of benzene rings is 1. The summed E-state index contributed by atoms with van der Waals surface area (Å²) < 4.78 is 16.3. The average Bonchev–Trinajstić information content (AvgIpc) is 3.28. The van der Waals surface area contributed by atoms with Gasteiger partial charge in [-0.3, -0.25) is 0 Å². The molecule has 0 saturated carbocycles. The maximum absolute atomic E-state index is 11.9. The van der Waals surface area contributed by atoms with Crippen molar-refractivity contribution in [3.8, 4) is 11.5 Å². The predicted molar refractivity (Wildman–Crippen MR) is 103 cm³/mol. The largest absolute Gasteiger partial charge is 0.469 e. The Labute approximate surface area is 163 Å². The quantitative estimate of drug-likeness (QED) is 0.333. The van der Waals surface area contributed by atoms with Crippen LogP contribution >= 0.6 is 23.4 Å². The molecule has 3 heterocycles. The van der Waals surface area contributed by atoms with E-state index in [1.165, 1.54) is 17.8 Å². The molecule has 4 rings (SSSR count). The van der Waals surface area contributed by atoms with E-state index < -0.39 is 5.63 Å². The van der Waals surface area contributed by atoms with Gasteiger partial charge in [-0.2, -0.15) is 0 Å². The minimum absolute atomic E-state index is 0.400. The van der Waals surface area contributed by atoms with Crippen molar-refractivity contribution in [2.75, 3.05) is 0 Å². The van der Waals surface area contributed by atoms with Crippen molar-refractivity contribution < 1.29 is 13.3 Å². The number of fused-ring (bicyclic) bond motifs is 1. The van der Waals surface area contributed by atoms with Crippen molar-refractivity contribution >= 4 is 34.3 Å². The summed E-state index contributed by atoms with van der Waals surface area (Å²) in [7, 11) is 0. The molecule has 3 aromatic heterocycles. The van der Waals surface area contributed by atoms with Gasteiger partial charge in [0.15, 0.2) is 0 Å². The third kappa shape index (κ3) is 3.52. The summed E-state index contributed by atoms with van der Waals surface area (Å²) >= 11 is 7.67. The molecule has 0 atom stereocenters. The van der Waals surface area contributed by atoms with Crippen molar-refractivity contribution in [2.45, 2.75) is 31.2 Å². The van der Waals surface area contributed by atoms with E-state index in [-0.39, 0.29) is 0 Å². The summed E-state index contributed by atoms with van der Waals surface area (Å²) in [5.74, 6) is 1.58. The summed E-state index contributed by atoms with van der Waals surface area (Å²) in [6, 6.07) is 6.90. The van der Waals surface area contributed by atoms with Crippen LogP contribution in [0.4, 0.5) is 0 Å². The molecule has 0 radical (unpaired) electrons. The molecule has 0 amide bonds. The first-order valence-electron chi connectivity index (χ1n) is 8.31. The van der Waals surface area contributed by atoms with Crippen LogP contribution in [0.3, 0.4) is 0 Å². The number of halogens is 1. The van der Waals surface area contributed by atoms with Crippen LogP contribution in [0, 0.1) is 6.92 Å². The molecule has 0 aliphatic rings. The third-order valence-electron chi connectivity index (χ3n) is 4.22. The van der Waals surface area contributed by atoms with E-state index in [0.717, 1.165) is 28.5 Å². The SMILES string of the molecule is CCc1cc2oc(=O)cc(CSc3nnc(-c4ccoc4C)o3)c2cc1Cl. The topological polar surface area (TPSA) is 82.3 Å². The number of rotatable bonds is 5. The molecule has 0 aliphatic heterocycles. The molecule has 0 unspecified atom stereocenters. The third-order valence-corrected chi connectivity index (χ3v) is 5.44. The van der Waals surface area contributed by atoms with Crippen molar-refractivity contribution in [1.82, 2.24) is 10.2 Å². The average molecular weight is 403 g/mol. The fourth-order valence-corrected chi connectivity index (χ4v) is 3.85. The first-order chi connectivity index (χ1) is 13.0. The maximum atomic E-state index is 11.9. The lowest BCUT2D eigenvalue weighted by atomic mass is 10.1. The molecular weight excluding hydrogens is 388 g/mol. The Morgan fingerprint density at radius 2 is 2.00 bits per heavy atom. The van der Waals surface area contributed by atoms with Gasteiger partial charge in [0.2, 0.25) is 0 Å². The van der Waals surface area contributed by atoms with Crippen LogP contribution < -0.4 is 5.63 Å². The van der Waals surface area contributed by atoms with Gasteiger partial charge in [0, 0.05) is 22.2 Å². The van der Waals surface area contributed by atoms with Gasteiger partial charge in [0.05, 0.1) is 11.8 Å². The minimum Gasteiger partial charge on any atom is -0.469 e. The molecular formula is C19H15ClN2O4S. The number of hydrogen-bond donors (Lipinski definition) is 0. The zero-order chi connectivity index (χ0) is 19.0. The van der Waals surface area contributed by atoms with Crippen LogP contribution in [0.25, 0.3) is 22.4 Å². The lowest BCUT2D eigenvalue weighted by Gasteiger charge is -2.07. The molecule has 0 aliphatic carbocycles. The Kier molecular flexibility index (Phi) is 4.80. The highest BCUT2D eigenvalue weighted by atomic mass is 35.5. The predicted octanol–water partition coefficient (Wildman–Crippen LogP) is 5.25. The highest BCUT2D eigenvalue weighted by molar-refractivity contribution is 7.98. The second-order valence-electron chi connectivity index (χ2n) is 5.94. The molecule has 4 aromatic rings. The first-order valence-corrected chi connectivity index (χ1v) is 9.67. The van der Waals surface area contributed by atoms with Crippen LogP contribution in [0.5, 0.6) is 0 Å². The Bertz CT molecular complexity index is 1180. The zero-order valence-electron chi connectivity index (χ0n) is 14.6. The van der Waals surface area contributed by atoms with E-state index in [1.807, 2.05) is 26.0 Å². The van der Waals surface area contributed by atoms with Gasteiger partial charge in [0.1, 0.15) is 11.3 Å². The van der Waals surface area contributed by atoms with Gasteiger partial charge in [-0.1, -0.05) is 30.3 Å². The highest BCUT2D eigenvalue weighted by Crippen LogP contribution is 2.31. The van der Waals surface area contributed by atoms with E-state index in [9.17, 15) is 4.79 Å². The molecule has 27 heavy (non-hydrogen) atoms. The zero-order valence-corrected chi connectivity index (χ0v) is 16.2. The lowest BCUT2D eigenvalue weighted by molar-refractivity contribution is 0.463. The van der Waals surface area contributed by atoms with Crippen LogP contribution in [0.15, 0.2) is 53.8 Å². The Hall–Kier alpha value is -2.51. The Balaban J connectivity index is 1.62. The molecule has 0 saturated heterocycles. The van der Waals surface area contributed by atoms with E-state index in [1.54, 1.807) is 12.3 Å². The number of aryl methyl sites for hydroxylation is 2. The molecule has 0 bridgehead atoms. The summed E-state index contributed by atoms with van der Waals surface area (Å²) in [6.45, 7) is 3.83. The first kappa shape index (κ1) is 17.9. The molecule has 6 nitrogen and oxygen atoms in total. The standard InChI is InChI=1S/C19H15ClN2O4S/c1-3-11-6-16-14(8-15(11)20)12(7-17(23)25-16)9-27-19-22-21-18(26-19)13-4-5-24-10(13)2/h4-8H,3,9H2,1-2H3. The molecule has 1 aromatic carbocycles. The Morgan fingerprint density at radius 3 is 2.74 bits per heavy atom. The van der Waals surface area contributed by atoms with Gasteiger partial charge in [-0.15, -0.1) is 10.2 Å². The van der Waals surface area contributed by atoms with E-state index in [4.69, 9.17) is 24.9 Å². The maximum Gasteiger partial charge on any atom is 0.336 e. The molecule has 0 fully saturated rings. The fraction of sp³-hybridized carbons (Fsp3) is 0.211. The second-order valence-corrected chi connectivity index (χ2v) is 7.27. The summed E-state index contributed by atoms with van der Waals surface area (Å²) in [5.41, 5.74) is 2.63. The number of nitrogens with zero attached hydrogens (tertiary/aromatic N) is 2. The minimum atomic E-state index is -0.400. The van der Waals surface area contributed by atoms with Crippen LogP contribution in [0.2, 0.25) is 5.02 Å². The van der Waals surface area contributed by atoms with E-state index in [2.05, 4.69) is 10.2 Å². The van der Waals surface area contributed by atoms with E-state index in [0.29, 0.717) is 33.2 Å². The normalized spacial score (nSPS) is 11.4. The number of thioether (sulfide) groups is 1. The summed E-state index contributed by atoms with van der Waals surface area (Å²) in [5, 5.41) is 9.96. The number of hydrogen-bond acceptors (Lipinski definition) is 7. The number of aromatic nitrogens is 2. The van der Waals surface area contributed by atoms with Crippen molar-refractivity contribution in [2.24, 2.45) is 0 Å². The van der Waals surface area contributed by atoms with Crippen LogP contribution in [0.1, 0.15) is 23.8 Å². The molecule has 8 heteroatoms. The molecule has 138 valence electrons. The van der Waals surface area contributed by atoms with Crippen LogP contribution in [-0.4, -0.2) is 10.2 Å². The van der Waals surface area contributed by atoms with Crippen molar-refractivity contribution in [3.05, 3.63) is 62.9 Å². The summed E-state index contributed by atoms with van der Waals surface area (Å²) in [6.07, 6.45) is 2.33. The molecule has 0 N–H and O–H groups in total. The van der Waals surface area contributed by atoms with Crippen LogP contribution in [-0.2, 0) is 12.2 Å². The van der Waals surface area contributed by atoms with Gasteiger partial charge in [0.25, 0.3) is 11.1 Å². The Morgan fingerprint density at radius 1 is 1.15 bits per heavy atom. The van der Waals surface area contributed by atoms with Crippen molar-refractivity contribution in [1.29, 1.82) is 0 Å². The van der Waals surface area contributed by atoms with Gasteiger partial charge in [-0.25, -0.2) is 4.79 Å².